The van der Waals surface area contributed by atoms with Crippen molar-refractivity contribution in [2.75, 3.05) is 19.7 Å². The molecule has 1 atom stereocenters. The van der Waals surface area contributed by atoms with Crippen molar-refractivity contribution in [2.45, 2.75) is 39.0 Å². The lowest BCUT2D eigenvalue weighted by Crippen LogP contribution is -2.38. The van der Waals surface area contributed by atoms with Crippen LogP contribution in [-0.2, 0) is 17.7 Å². The molecule has 3 rings (SSSR count). The predicted molar refractivity (Wildman–Crippen MR) is 84.4 cm³/mol. The minimum absolute atomic E-state index is 0.168. The lowest BCUT2D eigenvalue weighted by Gasteiger charge is -2.29. The third-order valence-electron chi connectivity index (χ3n) is 4.05. The number of ether oxygens (including phenoxy) is 1. The first-order valence-corrected chi connectivity index (χ1v) is 7.74. The van der Waals surface area contributed by atoms with Crippen LogP contribution in [0.1, 0.15) is 25.1 Å². The van der Waals surface area contributed by atoms with Gasteiger partial charge in [-0.25, -0.2) is 0 Å². The molecule has 0 saturated heterocycles. The minimum Gasteiger partial charge on any atom is -0.389 e. The van der Waals surface area contributed by atoms with Crippen LogP contribution in [0.15, 0.2) is 24.3 Å². The second-order valence-electron chi connectivity index (χ2n) is 6.15. The summed E-state index contributed by atoms with van der Waals surface area (Å²) in [6, 6.07) is 8.47. The van der Waals surface area contributed by atoms with Crippen LogP contribution >= 0.6 is 0 Å². The molecule has 1 unspecified atom stereocenters. The molecule has 2 heterocycles. The minimum atomic E-state index is -0.418. The van der Waals surface area contributed by atoms with Crippen LogP contribution in [0.5, 0.6) is 0 Å². The number of aromatic nitrogens is 1. The Labute approximate surface area is 125 Å². The van der Waals surface area contributed by atoms with Gasteiger partial charge in [0.15, 0.2) is 0 Å². The standard InChI is InChI=1S/C17H24N2O2/c1-12(2)21-11-13(20)9-19-8-7-15-14-5-3-4-6-16(14)18-17(15)10-19/h3-6,12-13,18,20H,7-11H2,1-2H3. The Balaban J connectivity index is 1.64. The second kappa shape index (κ2) is 6.18. The fourth-order valence-corrected chi connectivity index (χ4v) is 3.06. The molecule has 114 valence electrons. The van der Waals surface area contributed by atoms with Gasteiger partial charge in [-0.2, -0.15) is 0 Å². The normalized spacial score (nSPS) is 17.3. The number of hydrogen-bond donors (Lipinski definition) is 2. The average molecular weight is 288 g/mol. The number of nitrogens with zero attached hydrogens (tertiary/aromatic N) is 1. The molecule has 4 nitrogen and oxygen atoms in total. The number of para-hydroxylation sites is 1. The number of nitrogens with one attached hydrogen (secondary N) is 1. The molecule has 1 aromatic carbocycles. The molecule has 2 N–H and O–H groups in total. The maximum absolute atomic E-state index is 10.1. The van der Waals surface area contributed by atoms with Gasteiger partial charge in [0.25, 0.3) is 0 Å². The Morgan fingerprint density at radius 2 is 2.14 bits per heavy atom. The highest BCUT2D eigenvalue weighted by Crippen LogP contribution is 2.27. The van der Waals surface area contributed by atoms with Crippen molar-refractivity contribution in [3.63, 3.8) is 0 Å². The zero-order valence-corrected chi connectivity index (χ0v) is 12.8. The third kappa shape index (κ3) is 3.28. The number of rotatable bonds is 5. The van der Waals surface area contributed by atoms with E-state index in [0.717, 1.165) is 19.5 Å². The van der Waals surface area contributed by atoms with Crippen molar-refractivity contribution in [3.05, 3.63) is 35.5 Å². The van der Waals surface area contributed by atoms with E-state index in [1.54, 1.807) is 0 Å². The maximum Gasteiger partial charge on any atom is 0.0900 e. The Morgan fingerprint density at radius 1 is 1.33 bits per heavy atom. The summed E-state index contributed by atoms with van der Waals surface area (Å²) in [7, 11) is 0. The first-order chi connectivity index (χ1) is 10.1. The van der Waals surface area contributed by atoms with Crippen LogP contribution in [0.25, 0.3) is 10.9 Å². The van der Waals surface area contributed by atoms with E-state index in [1.165, 1.54) is 22.2 Å². The molecular formula is C17H24N2O2. The quantitative estimate of drug-likeness (QED) is 0.887. The SMILES string of the molecule is CC(C)OCC(O)CN1CCc2c([nH]c3ccccc23)C1. The Kier molecular flexibility index (Phi) is 4.29. The van der Waals surface area contributed by atoms with E-state index in [-0.39, 0.29) is 6.10 Å². The molecule has 2 aromatic rings. The molecule has 0 spiro atoms. The van der Waals surface area contributed by atoms with E-state index in [9.17, 15) is 5.11 Å². The molecular weight excluding hydrogens is 264 g/mol. The topological polar surface area (TPSA) is 48.5 Å². The number of aliphatic hydroxyl groups excluding tert-OH is 1. The van der Waals surface area contributed by atoms with Crippen LogP contribution in [0.2, 0.25) is 0 Å². The van der Waals surface area contributed by atoms with Crippen molar-refractivity contribution in [1.82, 2.24) is 9.88 Å². The number of H-pyrrole nitrogens is 1. The number of hydrogen-bond acceptors (Lipinski definition) is 3. The third-order valence-corrected chi connectivity index (χ3v) is 4.05. The van der Waals surface area contributed by atoms with Gasteiger partial charge in [0, 0.05) is 36.2 Å². The lowest BCUT2D eigenvalue weighted by atomic mass is 10.0. The Bertz CT molecular complexity index is 606. The number of aromatic amines is 1. The highest BCUT2D eigenvalue weighted by molar-refractivity contribution is 5.84. The number of benzene rings is 1. The summed E-state index contributed by atoms with van der Waals surface area (Å²) in [5.41, 5.74) is 3.95. The van der Waals surface area contributed by atoms with Crippen molar-refractivity contribution in [3.8, 4) is 0 Å². The molecule has 0 bridgehead atoms. The van der Waals surface area contributed by atoms with Gasteiger partial charge in [0.1, 0.15) is 0 Å². The zero-order chi connectivity index (χ0) is 14.8. The summed E-state index contributed by atoms with van der Waals surface area (Å²) in [6.45, 7) is 6.93. The van der Waals surface area contributed by atoms with Crippen LogP contribution in [-0.4, -0.2) is 46.9 Å². The largest absolute Gasteiger partial charge is 0.389 e. The molecule has 1 aliphatic heterocycles. The summed E-state index contributed by atoms with van der Waals surface area (Å²) < 4.78 is 5.48. The highest BCUT2D eigenvalue weighted by atomic mass is 16.5. The average Bonchev–Trinajstić information content (AvgIpc) is 2.82. The van der Waals surface area contributed by atoms with Crippen LogP contribution in [0, 0.1) is 0 Å². The molecule has 0 amide bonds. The van der Waals surface area contributed by atoms with E-state index in [1.807, 2.05) is 13.8 Å². The smallest absolute Gasteiger partial charge is 0.0900 e. The molecule has 0 radical (unpaired) electrons. The Morgan fingerprint density at radius 3 is 2.95 bits per heavy atom. The molecule has 1 aliphatic rings. The summed E-state index contributed by atoms with van der Waals surface area (Å²) in [5, 5.41) is 11.4. The van der Waals surface area contributed by atoms with Gasteiger partial charge in [0.05, 0.1) is 18.8 Å². The van der Waals surface area contributed by atoms with Gasteiger partial charge in [-0.1, -0.05) is 18.2 Å². The molecule has 4 heteroatoms. The molecule has 1 aromatic heterocycles. The molecule has 0 fully saturated rings. The highest BCUT2D eigenvalue weighted by Gasteiger charge is 2.22. The second-order valence-corrected chi connectivity index (χ2v) is 6.15. The van der Waals surface area contributed by atoms with Crippen molar-refractivity contribution in [2.24, 2.45) is 0 Å². The van der Waals surface area contributed by atoms with E-state index in [2.05, 4.69) is 34.1 Å². The monoisotopic (exact) mass is 288 g/mol. The van der Waals surface area contributed by atoms with Crippen LogP contribution in [0.4, 0.5) is 0 Å². The summed E-state index contributed by atoms with van der Waals surface area (Å²) >= 11 is 0. The van der Waals surface area contributed by atoms with Crippen molar-refractivity contribution < 1.29 is 9.84 Å². The zero-order valence-electron chi connectivity index (χ0n) is 12.8. The lowest BCUT2D eigenvalue weighted by molar-refractivity contribution is -0.0102. The van der Waals surface area contributed by atoms with E-state index < -0.39 is 6.10 Å². The van der Waals surface area contributed by atoms with Gasteiger partial charge in [0.2, 0.25) is 0 Å². The summed E-state index contributed by atoms with van der Waals surface area (Å²) in [6.07, 6.45) is 0.788. The van der Waals surface area contributed by atoms with Crippen molar-refractivity contribution >= 4 is 10.9 Å². The van der Waals surface area contributed by atoms with Crippen molar-refractivity contribution in [1.29, 1.82) is 0 Å². The van der Waals surface area contributed by atoms with E-state index >= 15 is 0 Å². The summed E-state index contributed by atoms with van der Waals surface area (Å²) in [4.78, 5) is 5.81. The number of fused-ring (bicyclic) bond motifs is 3. The molecule has 21 heavy (non-hydrogen) atoms. The van der Waals surface area contributed by atoms with Gasteiger partial charge >= 0.3 is 0 Å². The first kappa shape index (κ1) is 14.6. The Hall–Kier alpha value is -1.36. The van der Waals surface area contributed by atoms with Gasteiger partial charge in [-0.3, -0.25) is 4.90 Å². The van der Waals surface area contributed by atoms with Gasteiger partial charge in [-0.15, -0.1) is 0 Å². The van der Waals surface area contributed by atoms with E-state index in [4.69, 9.17) is 4.74 Å². The first-order valence-electron chi connectivity index (χ1n) is 7.74. The van der Waals surface area contributed by atoms with Crippen LogP contribution < -0.4 is 0 Å². The fourth-order valence-electron chi connectivity index (χ4n) is 3.06. The summed E-state index contributed by atoms with van der Waals surface area (Å²) in [5.74, 6) is 0. The van der Waals surface area contributed by atoms with E-state index in [0.29, 0.717) is 13.2 Å². The predicted octanol–water partition coefficient (Wildman–Crippen LogP) is 2.31. The number of β-amino-alcohol motifs (C(OH)–C–C–N with tert-alkyl or cyclic N) is 1. The van der Waals surface area contributed by atoms with Gasteiger partial charge < -0.3 is 14.8 Å². The maximum atomic E-state index is 10.1. The van der Waals surface area contributed by atoms with Crippen LogP contribution in [0.3, 0.4) is 0 Å². The molecule has 0 aliphatic carbocycles. The van der Waals surface area contributed by atoms with Gasteiger partial charge in [-0.05, 0) is 31.9 Å². The number of aliphatic hydroxyl groups is 1. The molecule has 0 saturated carbocycles. The fraction of sp³-hybridized carbons (Fsp3) is 0.529.